The van der Waals surface area contributed by atoms with Crippen LogP contribution in [0.2, 0.25) is 0 Å². The molecule has 0 saturated heterocycles. The molecular weight excluding hydrogens is 411 g/mol. The Labute approximate surface area is 186 Å². The lowest BCUT2D eigenvalue weighted by Gasteiger charge is -2.25. The minimum atomic E-state index is -0.460. The lowest BCUT2D eigenvalue weighted by atomic mass is 9.89. The van der Waals surface area contributed by atoms with Gasteiger partial charge in [-0.25, -0.2) is 4.39 Å². The van der Waals surface area contributed by atoms with Gasteiger partial charge in [-0.05, 0) is 72.6 Å². The number of benzene rings is 1. The Balaban J connectivity index is 1.65. The lowest BCUT2D eigenvalue weighted by Crippen LogP contribution is -2.27. The average molecular weight is 441 g/mol. The molecule has 7 heteroatoms. The van der Waals surface area contributed by atoms with Crippen LogP contribution in [0.1, 0.15) is 30.9 Å². The largest absolute Gasteiger partial charge is 0.425 e. The molecule has 0 amide bonds. The Kier molecular flexibility index (Phi) is 7.07. The fourth-order valence-electron chi connectivity index (χ4n) is 4.45. The highest BCUT2D eigenvalue weighted by molar-refractivity contribution is 5.90. The second-order valence-corrected chi connectivity index (χ2v) is 8.16. The highest BCUT2D eigenvalue weighted by Crippen LogP contribution is 2.40. The lowest BCUT2D eigenvalue weighted by molar-refractivity contribution is 0.0628. The van der Waals surface area contributed by atoms with E-state index in [0.29, 0.717) is 43.4 Å². The third kappa shape index (κ3) is 4.95. The van der Waals surface area contributed by atoms with Gasteiger partial charge in [0.25, 0.3) is 0 Å². The second kappa shape index (κ2) is 10.1. The van der Waals surface area contributed by atoms with Gasteiger partial charge in [0.15, 0.2) is 0 Å². The Hall–Kier alpha value is -2.90. The van der Waals surface area contributed by atoms with Gasteiger partial charge in [-0.15, -0.1) is 0 Å². The molecule has 2 aliphatic rings. The average Bonchev–Trinajstić information content (AvgIpc) is 2.97. The Morgan fingerprint density at radius 3 is 2.75 bits per heavy atom. The Morgan fingerprint density at radius 2 is 1.97 bits per heavy atom. The monoisotopic (exact) mass is 440 g/mol. The number of anilines is 1. The summed E-state index contributed by atoms with van der Waals surface area (Å²) in [6.45, 7) is 4.58. The summed E-state index contributed by atoms with van der Waals surface area (Å²) in [5, 5.41) is 13.0. The Morgan fingerprint density at radius 1 is 1.19 bits per heavy atom. The zero-order valence-corrected chi connectivity index (χ0v) is 18.3. The number of aromatic nitrogens is 1. The van der Waals surface area contributed by atoms with Gasteiger partial charge in [0.05, 0.1) is 19.8 Å². The highest BCUT2D eigenvalue weighted by atomic mass is 19.1. The van der Waals surface area contributed by atoms with E-state index in [1.54, 1.807) is 6.07 Å². The first-order chi connectivity index (χ1) is 15.6. The molecule has 1 atom stereocenters. The van der Waals surface area contributed by atoms with Crippen LogP contribution in [-0.4, -0.2) is 42.9 Å². The predicted molar refractivity (Wildman–Crippen MR) is 122 cm³/mol. The molecule has 1 aromatic heterocycles. The van der Waals surface area contributed by atoms with Crippen LogP contribution in [0.15, 0.2) is 58.5 Å². The maximum absolute atomic E-state index is 13.3. The molecule has 1 aromatic carbocycles. The number of hydrogen-bond acceptors (Lipinski definition) is 5. The van der Waals surface area contributed by atoms with E-state index in [1.165, 1.54) is 23.9 Å². The fourth-order valence-corrected chi connectivity index (χ4v) is 4.45. The van der Waals surface area contributed by atoms with Crippen molar-refractivity contribution in [3.05, 3.63) is 81.0 Å². The van der Waals surface area contributed by atoms with Crippen molar-refractivity contribution in [3.8, 4) is 0 Å². The van der Waals surface area contributed by atoms with Crippen LogP contribution in [0, 0.1) is 11.7 Å². The van der Waals surface area contributed by atoms with Gasteiger partial charge in [0, 0.05) is 24.9 Å². The van der Waals surface area contributed by atoms with Gasteiger partial charge < -0.3 is 20.0 Å². The van der Waals surface area contributed by atoms with Crippen molar-refractivity contribution in [1.82, 2.24) is 4.73 Å². The fraction of sp³-hybridized carbons (Fsp3) is 0.400. The zero-order valence-electron chi connectivity index (χ0n) is 18.3. The van der Waals surface area contributed by atoms with Gasteiger partial charge in [-0.1, -0.05) is 18.2 Å². The molecule has 2 heterocycles. The van der Waals surface area contributed by atoms with Crippen LogP contribution in [0.4, 0.5) is 10.1 Å². The van der Waals surface area contributed by atoms with Crippen molar-refractivity contribution in [2.24, 2.45) is 5.92 Å². The molecule has 170 valence electrons. The van der Waals surface area contributed by atoms with E-state index < -0.39 is 5.56 Å². The van der Waals surface area contributed by atoms with E-state index in [2.05, 4.69) is 11.4 Å². The molecule has 1 aliphatic carbocycles. The predicted octanol–water partition coefficient (Wildman–Crippen LogP) is 4.04. The van der Waals surface area contributed by atoms with Crippen LogP contribution >= 0.6 is 0 Å². The SMILES string of the molecule is CCOCCOCC1=CC(Cc2ccc(F)cc2)CCC2=C1c1ccn(O)c(=O)c1NC2. The minimum Gasteiger partial charge on any atom is -0.425 e. The van der Waals surface area contributed by atoms with Gasteiger partial charge in [0.1, 0.15) is 11.5 Å². The van der Waals surface area contributed by atoms with Crippen LogP contribution in [0.25, 0.3) is 5.57 Å². The molecule has 2 aromatic rings. The highest BCUT2D eigenvalue weighted by Gasteiger charge is 2.27. The van der Waals surface area contributed by atoms with Gasteiger partial charge >= 0.3 is 5.56 Å². The summed E-state index contributed by atoms with van der Waals surface area (Å²) in [5.74, 6) is 0.0288. The third-order valence-corrected chi connectivity index (χ3v) is 5.99. The van der Waals surface area contributed by atoms with Crippen LogP contribution in [0.5, 0.6) is 0 Å². The van der Waals surface area contributed by atoms with E-state index in [4.69, 9.17) is 9.47 Å². The molecule has 1 aliphatic heterocycles. The molecule has 32 heavy (non-hydrogen) atoms. The van der Waals surface area contributed by atoms with Crippen LogP contribution in [-0.2, 0) is 15.9 Å². The molecule has 4 rings (SSSR count). The minimum absolute atomic E-state index is 0.233. The summed E-state index contributed by atoms with van der Waals surface area (Å²) < 4.78 is 25.2. The number of fused-ring (bicyclic) bond motifs is 2. The molecule has 6 nitrogen and oxygen atoms in total. The molecule has 0 bridgehead atoms. The van der Waals surface area contributed by atoms with Crippen LogP contribution in [0.3, 0.4) is 0 Å². The van der Waals surface area contributed by atoms with Gasteiger partial charge in [-0.3, -0.25) is 4.79 Å². The first-order valence-corrected chi connectivity index (χ1v) is 11.1. The normalized spacial score (nSPS) is 17.8. The number of halogens is 1. The molecule has 0 saturated carbocycles. The summed E-state index contributed by atoms with van der Waals surface area (Å²) in [5.41, 5.74) is 5.14. The molecule has 1 unspecified atom stereocenters. The van der Waals surface area contributed by atoms with Crippen molar-refractivity contribution >= 4 is 11.3 Å². The number of rotatable bonds is 8. The van der Waals surface area contributed by atoms with E-state index in [0.717, 1.165) is 41.5 Å². The van der Waals surface area contributed by atoms with E-state index in [-0.39, 0.29) is 11.7 Å². The third-order valence-electron chi connectivity index (χ3n) is 5.99. The molecular formula is C25H29FN2O4. The second-order valence-electron chi connectivity index (χ2n) is 8.16. The molecule has 2 N–H and O–H groups in total. The van der Waals surface area contributed by atoms with Gasteiger partial charge in [0.2, 0.25) is 0 Å². The number of ether oxygens (including phenoxy) is 2. The summed E-state index contributed by atoms with van der Waals surface area (Å²) in [4.78, 5) is 12.5. The summed E-state index contributed by atoms with van der Waals surface area (Å²) >= 11 is 0. The first-order valence-electron chi connectivity index (χ1n) is 11.1. The molecule has 0 spiro atoms. The number of pyridine rings is 1. The topological polar surface area (TPSA) is 72.7 Å². The quantitative estimate of drug-likeness (QED) is 0.479. The van der Waals surface area contributed by atoms with Crippen molar-refractivity contribution in [3.63, 3.8) is 0 Å². The van der Waals surface area contributed by atoms with E-state index in [1.807, 2.05) is 19.1 Å². The Bertz CT molecular complexity index is 1070. The first kappa shape index (κ1) is 22.3. The van der Waals surface area contributed by atoms with E-state index in [9.17, 15) is 14.4 Å². The molecule has 0 fully saturated rings. The summed E-state index contributed by atoms with van der Waals surface area (Å²) in [7, 11) is 0. The number of nitrogens with zero attached hydrogens (tertiary/aromatic N) is 1. The number of nitrogens with one attached hydrogen (secondary N) is 1. The van der Waals surface area contributed by atoms with E-state index >= 15 is 0 Å². The standard InChI is InChI=1S/C25H29FN2O4/c1-2-31-11-12-32-16-20-14-18(13-17-4-7-21(26)8-5-17)3-6-19-15-27-24-22(23(19)20)9-10-28(30)25(24)29/h4-5,7-10,14,18,27,30H,2-3,6,11-13,15-16H2,1H3. The van der Waals surface area contributed by atoms with Crippen LogP contribution < -0.4 is 10.9 Å². The summed E-state index contributed by atoms with van der Waals surface area (Å²) in [6.07, 6.45) is 6.27. The smallest absolute Gasteiger partial charge is 0.306 e. The maximum Gasteiger partial charge on any atom is 0.306 e. The van der Waals surface area contributed by atoms with Crippen molar-refractivity contribution in [2.45, 2.75) is 26.2 Å². The molecule has 0 radical (unpaired) electrons. The zero-order chi connectivity index (χ0) is 22.5. The number of hydrogen-bond donors (Lipinski definition) is 2. The van der Waals surface area contributed by atoms with Crippen molar-refractivity contribution < 1.29 is 19.1 Å². The van der Waals surface area contributed by atoms with Gasteiger partial charge in [-0.2, -0.15) is 4.73 Å². The van der Waals surface area contributed by atoms with Crippen molar-refractivity contribution in [1.29, 1.82) is 0 Å². The number of allylic oxidation sites excluding steroid dienone is 1. The maximum atomic E-state index is 13.3. The van der Waals surface area contributed by atoms with Crippen molar-refractivity contribution in [2.75, 3.05) is 38.3 Å². The summed E-state index contributed by atoms with van der Waals surface area (Å²) in [6, 6.07) is 8.43.